The molecule has 0 atom stereocenters. The fourth-order valence-corrected chi connectivity index (χ4v) is 1.45. The number of aryl methyl sites for hydroxylation is 1. The van der Waals surface area contributed by atoms with Gasteiger partial charge in [0.25, 0.3) is 5.78 Å². The first kappa shape index (κ1) is 9.85. The van der Waals surface area contributed by atoms with Crippen molar-refractivity contribution in [3.05, 3.63) is 16.6 Å². The van der Waals surface area contributed by atoms with E-state index in [1.807, 2.05) is 0 Å². The van der Waals surface area contributed by atoms with Crippen LogP contribution in [0.15, 0.2) is 6.07 Å². The van der Waals surface area contributed by atoms with E-state index in [-0.39, 0.29) is 6.61 Å². The zero-order valence-electron chi connectivity index (χ0n) is 7.36. The average Bonchev–Trinajstić information content (AvgIpc) is 2.51. The Morgan fingerprint density at radius 1 is 1.62 bits per heavy atom. The number of ether oxygens (including phenoxy) is 1. The number of carbonyl (C=O) groups excluding carboxylic acids is 2. The summed E-state index contributed by atoms with van der Waals surface area (Å²) in [7, 11) is 0. The van der Waals surface area contributed by atoms with Crippen LogP contribution in [0.5, 0.6) is 0 Å². The van der Waals surface area contributed by atoms with Gasteiger partial charge in [-0.2, -0.15) is 4.37 Å². The number of nitrogens with zero attached hydrogens (tertiary/aromatic N) is 1. The summed E-state index contributed by atoms with van der Waals surface area (Å²) in [5.41, 5.74) is 0.734. The van der Waals surface area contributed by atoms with Crippen molar-refractivity contribution in [1.29, 1.82) is 0 Å². The summed E-state index contributed by atoms with van der Waals surface area (Å²) in [6.45, 7) is 3.63. The van der Waals surface area contributed by atoms with E-state index in [1.54, 1.807) is 19.9 Å². The molecule has 0 aliphatic carbocycles. The van der Waals surface area contributed by atoms with Crippen LogP contribution < -0.4 is 0 Å². The van der Waals surface area contributed by atoms with E-state index in [4.69, 9.17) is 0 Å². The smallest absolute Gasteiger partial charge is 0.380 e. The molecule has 1 aromatic heterocycles. The van der Waals surface area contributed by atoms with Gasteiger partial charge in [0.1, 0.15) is 4.88 Å². The molecule has 0 aromatic carbocycles. The van der Waals surface area contributed by atoms with E-state index in [2.05, 4.69) is 9.11 Å². The molecule has 0 spiro atoms. The minimum Gasteiger partial charge on any atom is -0.460 e. The third-order valence-electron chi connectivity index (χ3n) is 1.31. The van der Waals surface area contributed by atoms with Crippen molar-refractivity contribution in [2.75, 3.05) is 6.61 Å². The van der Waals surface area contributed by atoms with Gasteiger partial charge in [0, 0.05) is 0 Å². The lowest BCUT2D eigenvalue weighted by atomic mass is 10.3. The van der Waals surface area contributed by atoms with E-state index in [1.165, 1.54) is 0 Å². The van der Waals surface area contributed by atoms with Gasteiger partial charge in [-0.05, 0) is 31.4 Å². The monoisotopic (exact) mass is 199 g/mol. The fraction of sp³-hybridized carbons (Fsp3) is 0.375. The highest BCUT2D eigenvalue weighted by atomic mass is 32.1. The number of ketones is 1. The average molecular weight is 199 g/mol. The molecule has 0 saturated carbocycles. The highest BCUT2D eigenvalue weighted by molar-refractivity contribution is 7.09. The van der Waals surface area contributed by atoms with Crippen molar-refractivity contribution < 1.29 is 14.3 Å². The van der Waals surface area contributed by atoms with Crippen molar-refractivity contribution in [2.45, 2.75) is 13.8 Å². The van der Waals surface area contributed by atoms with Crippen LogP contribution in [0.2, 0.25) is 0 Å². The van der Waals surface area contributed by atoms with Gasteiger partial charge in [-0.3, -0.25) is 4.79 Å². The van der Waals surface area contributed by atoms with Gasteiger partial charge in [0.2, 0.25) is 0 Å². The zero-order chi connectivity index (χ0) is 9.84. The molecule has 13 heavy (non-hydrogen) atoms. The van der Waals surface area contributed by atoms with Gasteiger partial charge in [0.05, 0.1) is 12.3 Å². The largest absolute Gasteiger partial charge is 0.460 e. The Kier molecular flexibility index (Phi) is 3.13. The molecule has 1 heterocycles. The summed E-state index contributed by atoms with van der Waals surface area (Å²) >= 11 is 1.01. The molecule has 70 valence electrons. The number of aromatic nitrogens is 1. The molecular formula is C8H9NO3S. The summed E-state index contributed by atoms with van der Waals surface area (Å²) in [5, 5.41) is 0. The first-order valence-electron chi connectivity index (χ1n) is 3.80. The van der Waals surface area contributed by atoms with Crippen molar-refractivity contribution in [1.82, 2.24) is 4.37 Å². The summed E-state index contributed by atoms with van der Waals surface area (Å²) in [5.74, 6) is -1.43. The number of carbonyl (C=O) groups is 2. The molecule has 1 rings (SSSR count). The fourth-order valence-electron chi connectivity index (χ4n) is 0.768. The number of Topliss-reactive ketones (excluding diaryl/α,β-unsaturated/α-hetero) is 1. The third kappa shape index (κ3) is 2.35. The molecule has 0 saturated heterocycles. The van der Waals surface area contributed by atoms with Gasteiger partial charge in [0.15, 0.2) is 0 Å². The van der Waals surface area contributed by atoms with E-state index in [9.17, 15) is 9.59 Å². The summed E-state index contributed by atoms with van der Waals surface area (Å²) in [6.07, 6.45) is 0. The molecule has 0 aliphatic rings. The van der Waals surface area contributed by atoms with Gasteiger partial charge in [-0.25, -0.2) is 4.79 Å². The first-order valence-corrected chi connectivity index (χ1v) is 4.57. The van der Waals surface area contributed by atoms with E-state index in [0.29, 0.717) is 4.88 Å². The Morgan fingerprint density at radius 3 is 2.77 bits per heavy atom. The van der Waals surface area contributed by atoms with Gasteiger partial charge in [-0.1, -0.05) is 0 Å². The predicted octanol–water partition coefficient (Wildman–Crippen LogP) is 1.20. The molecule has 0 unspecified atom stereocenters. The quantitative estimate of drug-likeness (QED) is 0.417. The van der Waals surface area contributed by atoms with Crippen LogP contribution in [-0.2, 0) is 9.53 Å². The number of rotatable bonds is 3. The highest BCUT2D eigenvalue weighted by Crippen LogP contribution is 2.10. The lowest BCUT2D eigenvalue weighted by Gasteiger charge is -1.96. The molecule has 0 amide bonds. The van der Waals surface area contributed by atoms with Crippen LogP contribution in [0.25, 0.3) is 0 Å². The molecule has 0 bridgehead atoms. The Balaban J connectivity index is 2.73. The van der Waals surface area contributed by atoms with Crippen LogP contribution >= 0.6 is 11.5 Å². The van der Waals surface area contributed by atoms with Crippen molar-refractivity contribution in [3.8, 4) is 0 Å². The molecule has 5 heteroatoms. The number of esters is 1. The Labute approximate surface area is 79.7 Å². The normalized spacial score (nSPS) is 9.69. The Bertz CT molecular complexity index is 332. The van der Waals surface area contributed by atoms with Crippen LogP contribution in [0.3, 0.4) is 0 Å². The van der Waals surface area contributed by atoms with Gasteiger partial charge >= 0.3 is 5.97 Å². The summed E-state index contributed by atoms with van der Waals surface area (Å²) in [4.78, 5) is 22.5. The second kappa shape index (κ2) is 4.13. The van der Waals surface area contributed by atoms with Crippen molar-refractivity contribution >= 4 is 23.3 Å². The number of hydrogen-bond donors (Lipinski definition) is 0. The van der Waals surface area contributed by atoms with Gasteiger partial charge < -0.3 is 4.74 Å². The van der Waals surface area contributed by atoms with E-state index >= 15 is 0 Å². The molecule has 0 fully saturated rings. The topological polar surface area (TPSA) is 56.3 Å². The molecule has 0 aliphatic heterocycles. The van der Waals surface area contributed by atoms with Gasteiger partial charge in [-0.15, -0.1) is 0 Å². The van der Waals surface area contributed by atoms with Crippen LogP contribution in [-0.4, -0.2) is 22.7 Å². The minimum absolute atomic E-state index is 0.211. The molecule has 4 nitrogen and oxygen atoms in total. The van der Waals surface area contributed by atoms with Crippen LogP contribution in [0.4, 0.5) is 0 Å². The van der Waals surface area contributed by atoms with Crippen LogP contribution in [0, 0.1) is 6.92 Å². The van der Waals surface area contributed by atoms with E-state index < -0.39 is 11.8 Å². The Hall–Kier alpha value is -1.23. The van der Waals surface area contributed by atoms with Crippen molar-refractivity contribution in [3.63, 3.8) is 0 Å². The predicted molar refractivity (Wildman–Crippen MR) is 47.8 cm³/mol. The summed E-state index contributed by atoms with van der Waals surface area (Å²) in [6, 6.07) is 1.57. The SMILES string of the molecule is CCOC(=O)C(=O)c1cc(C)ns1. The minimum atomic E-state index is -0.814. The second-order valence-corrected chi connectivity index (χ2v) is 3.19. The summed E-state index contributed by atoms with van der Waals surface area (Å²) < 4.78 is 8.45. The lowest BCUT2D eigenvalue weighted by molar-refractivity contribution is -0.137. The van der Waals surface area contributed by atoms with Crippen LogP contribution in [0.1, 0.15) is 22.3 Å². The Morgan fingerprint density at radius 2 is 2.31 bits per heavy atom. The second-order valence-electron chi connectivity index (χ2n) is 2.38. The number of hydrogen-bond acceptors (Lipinski definition) is 5. The third-order valence-corrected chi connectivity index (χ3v) is 2.19. The lowest BCUT2D eigenvalue weighted by Crippen LogP contribution is -2.16. The molecule has 1 aromatic rings. The van der Waals surface area contributed by atoms with Crippen molar-refractivity contribution in [2.24, 2.45) is 0 Å². The first-order chi connectivity index (χ1) is 6.15. The maximum atomic E-state index is 11.2. The standard InChI is InChI=1S/C8H9NO3S/c1-3-12-8(11)7(10)6-4-5(2)9-13-6/h4H,3H2,1-2H3. The maximum absolute atomic E-state index is 11.2. The molecule has 0 radical (unpaired) electrons. The molecular weight excluding hydrogens is 190 g/mol. The van der Waals surface area contributed by atoms with E-state index in [0.717, 1.165) is 17.2 Å². The highest BCUT2D eigenvalue weighted by Gasteiger charge is 2.19. The maximum Gasteiger partial charge on any atom is 0.380 e. The zero-order valence-corrected chi connectivity index (χ0v) is 8.18. The molecule has 0 N–H and O–H groups in total.